The molecule has 1 saturated carbocycles. The highest BCUT2D eigenvalue weighted by Crippen LogP contribution is 2.32. The second-order valence-electron chi connectivity index (χ2n) is 3.98. The van der Waals surface area contributed by atoms with E-state index >= 15 is 0 Å². The lowest BCUT2D eigenvalue weighted by molar-refractivity contribution is -0.186. The molecule has 92 valence electrons. The number of nitrogens with zero attached hydrogens (tertiary/aromatic N) is 2. The molecular formula is C11H11F3N2O. The van der Waals surface area contributed by atoms with Crippen molar-refractivity contribution in [3.8, 4) is 0 Å². The molecule has 1 aromatic rings. The Hall–Kier alpha value is -1.59. The number of aromatic nitrogens is 1. The lowest BCUT2D eigenvalue weighted by Gasteiger charge is -2.22. The van der Waals surface area contributed by atoms with Gasteiger partial charge in [-0.15, -0.1) is 0 Å². The average molecular weight is 244 g/mol. The number of pyridine rings is 1. The van der Waals surface area contributed by atoms with E-state index in [0.717, 1.165) is 4.90 Å². The summed E-state index contributed by atoms with van der Waals surface area (Å²) in [5.41, 5.74) is 0.469. The largest absolute Gasteiger partial charge is 0.471 e. The zero-order valence-electron chi connectivity index (χ0n) is 8.94. The van der Waals surface area contributed by atoms with Crippen molar-refractivity contribution < 1.29 is 18.0 Å². The van der Waals surface area contributed by atoms with Gasteiger partial charge in [-0.25, -0.2) is 0 Å². The fourth-order valence-electron chi connectivity index (χ4n) is 1.58. The molecule has 1 amide bonds. The lowest BCUT2D eigenvalue weighted by atomic mass is 10.3. The van der Waals surface area contributed by atoms with Gasteiger partial charge < -0.3 is 4.90 Å². The summed E-state index contributed by atoms with van der Waals surface area (Å²) in [6, 6.07) is 4.69. The third kappa shape index (κ3) is 2.95. The molecule has 1 aliphatic carbocycles. The van der Waals surface area contributed by atoms with Gasteiger partial charge in [0.15, 0.2) is 0 Å². The monoisotopic (exact) mass is 244 g/mol. The van der Waals surface area contributed by atoms with Crippen LogP contribution < -0.4 is 0 Å². The smallest absolute Gasteiger partial charge is 0.326 e. The number of alkyl halides is 3. The van der Waals surface area contributed by atoms with Crippen molar-refractivity contribution in [2.75, 3.05) is 0 Å². The third-order valence-electron chi connectivity index (χ3n) is 2.55. The van der Waals surface area contributed by atoms with Gasteiger partial charge in [0.1, 0.15) is 0 Å². The summed E-state index contributed by atoms with van der Waals surface area (Å²) in [4.78, 5) is 16.0. The van der Waals surface area contributed by atoms with E-state index in [4.69, 9.17) is 0 Å². The van der Waals surface area contributed by atoms with E-state index in [1.165, 1.54) is 6.20 Å². The first-order valence-electron chi connectivity index (χ1n) is 5.26. The van der Waals surface area contributed by atoms with Gasteiger partial charge in [0.25, 0.3) is 0 Å². The highest BCUT2D eigenvalue weighted by atomic mass is 19.4. The summed E-state index contributed by atoms with van der Waals surface area (Å²) in [5, 5.41) is 0. The molecule has 0 aliphatic heterocycles. The molecule has 17 heavy (non-hydrogen) atoms. The SMILES string of the molecule is O=C(N(Cc1ccccn1)C1CC1)C(F)(F)F. The van der Waals surface area contributed by atoms with Crippen LogP contribution in [-0.4, -0.2) is 28.0 Å². The van der Waals surface area contributed by atoms with Crippen molar-refractivity contribution in [3.63, 3.8) is 0 Å². The van der Waals surface area contributed by atoms with E-state index < -0.39 is 12.1 Å². The number of hydrogen-bond acceptors (Lipinski definition) is 2. The summed E-state index contributed by atoms with van der Waals surface area (Å²) < 4.78 is 37.1. The maximum Gasteiger partial charge on any atom is 0.471 e. The Morgan fingerprint density at radius 1 is 1.41 bits per heavy atom. The van der Waals surface area contributed by atoms with Gasteiger partial charge in [0.2, 0.25) is 0 Å². The Kier molecular flexibility index (Phi) is 3.04. The molecule has 0 spiro atoms. The molecule has 2 rings (SSSR count). The van der Waals surface area contributed by atoms with Crippen LogP contribution >= 0.6 is 0 Å². The fourth-order valence-corrected chi connectivity index (χ4v) is 1.58. The average Bonchev–Trinajstić information content (AvgIpc) is 3.09. The van der Waals surface area contributed by atoms with Crippen molar-refractivity contribution in [1.82, 2.24) is 9.88 Å². The highest BCUT2D eigenvalue weighted by Gasteiger charge is 2.47. The Balaban J connectivity index is 2.11. The summed E-state index contributed by atoms with van der Waals surface area (Å²) >= 11 is 0. The minimum Gasteiger partial charge on any atom is -0.326 e. The second-order valence-corrected chi connectivity index (χ2v) is 3.98. The normalized spacial score (nSPS) is 15.7. The van der Waals surface area contributed by atoms with Crippen LogP contribution in [0.5, 0.6) is 0 Å². The number of carbonyl (C=O) groups excluding carboxylic acids is 1. The number of halogens is 3. The first-order chi connectivity index (χ1) is 7.98. The Morgan fingerprint density at radius 3 is 2.59 bits per heavy atom. The molecule has 0 atom stereocenters. The zero-order chi connectivity index (χ0) is 12.5. The van der Waals surface area contributed by atoms with Gasteiger partial charge in [0.05, 0.1) is 12.2 Å². The Bertz CT molecular complexity index is 401. The topological polar surface area (TPSA) is 33.2 Å². The van der Waals surface area contributed by atoms with Gasteiger partial charge in [-0.3, -0.25) is 9.78 Å². The quantitative estimate of drug-likeness (QED) is 0.816. The van der Waals surface area contributed by atoms with Gasteiger partial charge in [-0.2, -0.15) is 13.2 Å². The van der Waals surface area contributed by atoms with E-state index in [9.17, 15) is 18.0 Å². The molecule has 0 unspecified atom stereocenters. The van der Waals surface area contributed by atoms with E-state index in [-0.39, 0.29) is 12.6 Å². The Morgan fingerprint density at radius 2 is 2.12 bits per heavy atom. The van der Waals surface area contributed by atoms with Crippen LogP contribution in [0, 0.1) is 0 Å². The first kappa shape index (κ1) is 11.9. The van der Waals surface area contributed by atoms with Crippen LogP contribution in [-0.2, 0) is 11.3 Å². The van der Waals surface area contributed by atoms with Crippen molar-refractivity contribution in [2.45, 2.75) is 31.6 Å². The van der Waals surface area contributed by atoms with Gasteiger partial charge >= 0.3 is 12.1 Å². The standard InChI is InChI=1S/C11H11F3N2O/c12-11(13,14)10(17)16(9-4-5-9)7-8-3-1-2-6-15-8/h1-3,6,9H,4-5,7H2. The predicted molar refractivity (Wildman–Crippen MR) is 53.9 cm³/mol. The summed E-state index contributed by atoms with van der Waals surface area (Å²) in [6.07, 6.45) is -2.04. The summed E-state index contributed by atoms with van der Waals surface area (Å²) in [7, 11) is 0. The first-order valence-corrected chi connectivity index (χ1v) is 5.26. The molecule has 0 N–H and O–H groups in total. The maximum atomic E-state index is 12.4. The van der Waals surface area contributed by atoms with Gasteiger partial charge in [0, 0.05) is 12.2 Å². The number of rotatable bonds is 3. The molecule has 6 heteroatoms. The van der Waals surface area contributed by atoms with Gasteiger partial charge in [-0.1, -0.05) is 6.07 Å². The maximum absolute atomic E-state index is 12.4. The predicted octanol–water partition coefficient (Wildman–Crippen LogP) is 2.13. The lowest BCUT2D eigenvalue weighted by Crippen LogP contribution is -2.42. The molecule has 1 heterocycles. The summed E-state index contributed by atoms with van der Waals surface area (Å²) in [6.45, 7) is -0.0795. The zero-order valence-corrected chi connectivity index (χ0v) is 8.94. The minimum absolute atomic E-state index is 0.0795. The van der Waals surface area contributed by atoms with Crippen LogP contribution in [0.25, 0.3) is 0 Å². The van der Waals surface area contributed by atoms with Crippen molar-refractivity contribution in [2.24, 2.45) is 0 Å². The van der Waals surface area contributed by atoms with Crippen molar-refractivity contribution >= 4 is 5.91 Å². The number of hydrogen-bond donors (Lipinski definition) is 0. The molecule has 3 nitrogen and oxygen atoms in total. The van der Waals surface area contributed by atoms with Crippen LogP contribution in [0.15, 0.2) is 24.4 Å². The minimum atomic E-state index is -4.81. The molecule has 0 bridgehead atoms. The number of amides is 1. The van der Waals surface area contributed by atoms with E-state index in [2.05, 4.69) is 4.98 Å². The van der Waals surface area contributed by atoms with Crippen LogP contribution in [0.2, 0.25) is 0 Å². The summed E-state index contributed by atoms with van der Waals surface area (Å²) in [5.74, 6) is -1.77. The van der Waals surface area contributed by atoms with E-state index in [0.29, 0.717) is 18.5 Å². The van der Waals surface area contributed by atoms with Crippen LogP contribution in [0.1, 0.15) is 18.5 Å². The van der Waals surface area contributed by atoms with E-state index in [1.807, 2.05) is 0 Å². The highest BCUT2D eigenvalue weighted by molar-refractivity contribution is 5.82. The number of carbonyl (C=O) groups is 1. The molecular weight excluding hydrogens is 233 g/mol. The second kappa shape index (κ2) is 4.35. The molecule has 1 aromatic heterocycles. The molecule has 1 fully saturated rings. The van der Waals surface area contributed by atoms with Gasteiger partial charge in [-0.05, 0) is 25.0 Å². The fraction of sp³-hybridized carbons (Fsp3) is 0.455. The van der Waals surface area contributed by atoms with Crippen LogP contribution in [0.3, 0.4) is 0 Å². The van der Waals surface area contributed by atoms with Crippen molar-refractivity contribution in [1.29, 1.82) is 0 Å². The van der Waals surface area contributed by atoms with Crippen molar-refractivity contribution in [3.05, 3.63) is 30.1 Å². The third-order valence-corrected chi connectivity index (χ3v) is 2.55. The van der Waals surface area contributed by atoms with Crippen LogP contribution in [0.4, 0.5) is 13.2 Å². The van der Waals surface area contributed by atoms with E-state index in [1.54, 1.807) is 18.2 Å². The molecule has 0 aromatic carbocycles. The molecule has 1 aliphatic rings. The molecule has 0 radical (unpaired) electrons. The molecule has 0 saturated heterocycles. The Labute approximate surface area is 96.3 Å².